The minimum absolute atomic E-state index is 0.259. The fourth-order valence-corrected chi connectivity index (χ4v) is 3.62. The molecule has 1 fully saturated rings. The molecule has 8 nitrogen and oxygen atoms in total. The summed E-state index contributed by atoms with van der Waals surface area (Å²) in [5.41, 5.74) is 1.79. The van der Waals surface area contributed by atoms with Crippen molar-refractivity contribution in [3.8, 4) is 17.2 Å². The van der Waals surface area contributed by atoms with Crippen molar-refractivity contribution in [2.45, 2.75) is 0 Å². The van der Waals surface area contributed by atoms with Crippen molar-refractivity contribution in [3.63, 3.8) is 0 Å². The Morgan fingerprint density at radius 2 is 1.87 bits per heavy atom. The van der Waals surface area contributed by atoms with Gasteiger partial charge in [-0.3, -0.25) is 9.69 Å². The van der Waals surface area contributed by atoms with Crippen LogP contribution in [0.5, 0.6) is 17.2 Å². The molecule has 0 aliphatic carbocycles. The summed E-state index contributed by atoms with van der Waals surface area (Å²) in [5, 5.41) is 3.70. The number of carbonyl (C=O) groups excluding carboxylic acids is 1. The summed E-state index contributed by atoms with van der Waals surface area (Å²) in [7, 11) is 3.19. The number of carbonyl (C=O) groups is 1. The number of fused-ring (bicyclic) bond motifs is 1. The van der Waals surface area contributed by atoms with Gasteiger partial charge < -0.3 is 29.2 Å². The summed E-state index contributed by atoms with van der Waals surface area (Å²) < 4.78 is 22.0. The maximum atomic E-state index is 12.8. The molecule has 0 unspecified atom stereocenters. The van der Waals surface area contributed by atoms with Gasteiger partial charge in [0.1, 0.15) is 29.5 Å². The van der Waals surface area contributed by atoms with E-state index in [4.69, 9.17) is 18.9 Å². The Labute approximate surface area is 181 Å². The molecule has 3 aromatic rings. The van der Waals surface area contributed by atoms with Gasteiger partial charge in [-0.1, -0.05) is 6.07 Å². The quantitative estimate of drug-likeness (QED) is 0.577. The molecule has 1 aliphatic heterocycles. The van der Waals surface area contributed by atoms with E-state index in [-0.39, 0.29) is 5.91 Å². The molecule has 4 rings (SSSR count). The van der Waals surface area contributed by atoms with Crippen molar-refractivity contribution in [3.05, 3.63) is 48.2 Å². The minimum Gasteiger partial charge on any atom is -0.496 e. The lowest BCUT2D eigenvalue weighted by molar-refractivity contribution is 0.0322. The lowest BCUT2D eigenvalue weighted by Crippen LogP contribution is -2.38. The largest absolute Gasteiger partial charge is 0.496 e. The zero-order valence-corrected chi connectivity index (χ0v) is 17.8. The third kappa shape index (κ3) is 4.92. The molecule has 164 valence electrons. The fraction of sp³-hybridized carbons (Fsp3) is 0.348. The number of benzene rings is 2. The van der Waals surface area contributed by atoms with E-state index in [1.54, 1.807) is 26.4 Å². The number of rotatable bonds is 8. The van der Waals surface area contributed by atoms with E-state index >= 15 is 0 Å². The number of ether oxygens (including phenoxy) is 4. The first-order valence-electron chi connectivity index (χ1n) is 10.3. The number of H-pyrrole nitrogens is 1. The Balaban J connectivity index is 1.42. The predicted octanol–water partition coefficient (Wildman–Crippen LogP) is 3.15. The van der Waals surface area contributed by atoms with Crippen LogP contribution in [0, 0.1) is 0 Å². The number of aromatic amines is 1. The molecule has 0 spiro atoms. The van der Waals surface area contributed by atoms with E-state index in [1.807, 2.05) is 30.3 Å². The minimum atomic E-state index is -0.259. The summed E-state index contributed by atoms with van der Waals surface area (Å²) in [6.45, 7) is 4.83. The maximum absolute atomic E-state index is 12.8. The van der Waals surface area contributed by atoms with Crippen LogP contribution in [-0.4, -0.2) is 69.5 Å². The van der Waals surface area contributed by atoms with Gasteiger partial charge in [0.05, 0.1) is 33.0 Å². The Kier molecular flexibility index (Phi) is 6.59. The third-order valence-corrected chi connectivity index (χ3v) is 5.27. The van der Waals surface area contributed by atoms with Crippen molar-refractivity contribution in [2.75, 3.05) is 59.0 Å². The summed E-state index contributed by atoms with van der Waals surface area (Å²) in [6.07, 6.45) is 0. The molecule has 0 saturated carbocycles. The van der Waals surface area contributed by atoms with Gasteiger partial charge in [-0.15, -0.1) is 0 Å². The molecular weight excluding hydrogens is 398 g/mol. The monoisotopic (exact) mass is 425 g/mol. The number of amides is 1. The van der Waals surface area contributed by atoms with Crippen LogP contribution in [0.25, 0.3) is 10.9 Å². The molecule has 2 aromatic carbocycles. The number of nitrogens with zero attached hydrogens (tertiary/aromatic N) is 1. The van der Waals surface area contributed by atoms with E-state index in [1.165, 1.54) is 0 Å². The van der Waals surface area contributed by atoms with Crippen LogP contribution in [0.1, 0.15) is 10.5 Å². The molecule has 0 radical (unpaired) electrons. The van der Waals surface area contributed by atoms with Crippen LogP contribution in [0.15, 0.2) is 42.5 Å². The number of nitrogens with one attached hydrogen (secondary N) is 2. The normalized spacial score (nSPS) is 14.4. The SMILES string of the molecule is COc1ccc(OC)c2[nH]c(C(=O)Nc3cccc(OCCN4CCOCC4)c3)cc12. The van der Waals surface area contributed by atoms with Crippen molar-refractivity contribution in [2.24, 2.45) is 0 Å². The highest BCUT2D eigenvalue weighted by Crippen LogP contribution is 2.33. The summed E-state index contributed by atoms with van der Waals surface area (Å²) in [4.78, 5) is 18.3. The molecular formula is C23H27N3O5. The molecule has 8 heteroatoms. The highest BCUT2D eigenvalue weighted by molar-refractivity contribution is 6.07. The average molecular weight is 425 g/mol. The Bertz CT molecular complexity index is 1000. The van der Waals surface area contributed by atoms with Gasteiger partial charge in [-0.25, -0.2) is 0 Å². The first-order valence-corrected chi connectivity index (χ1v) is 10.3. The average Bonchev–Trinajstić information content (AvgIpc) is 3.25. The van der Waals surface area contributed by atoms with Crippen LogP contribution >= 0.6 is 0 Å². The van der Waals surface area contributed by atoms with E-state index in [0.29, 0.717) is 40.8 Å². The Morgan fingerprint density at radius 3 is 2.65 bits per heavy atom. The van der Waals surface area contributed by atoms with E-state index < -0.39 is 0 Å². The summed E-state index contributed by atoms with van der Waals surface area (Å²) >= 11 is 0. The fourth-order valence-electron chi connectivity index (χ4n) is 3.62. The first-order chi connectivity index (χ1) is 15.2. The number of hydrogen-bond donors (Lipinski definition) is 2. The second-order valence-electron chi connectivity index (χ2n) is 7.23. The molecule has 31 heavy (non-hydrogen) atoms. The summed E-state index contributed by atoms with van der Waals surface area (Å²) in [5.74, 6) is 1.77. The molecule has 1 saturated heterocycles. The Morgan fingerprint density at radius 1 is 1.10 bits per heavy atom. The van der Waals surface area contributed by atoms with Gasteiger partial charge >= 0.3 is 0 Å². The molecule has 1 amide bonds. The van der Waals surface area contributed by atoms with Crippen molar-refractivity contribution in [1.29, 1.82) is 0 Å². The van der Waals surface area contributed by atoms with Gasteiger partial charge in [-0.05, 0) is 30.3 Å². The summed E-state index contributed by atoms with van der Waals surface area (Å²) in [6, 6.07) is 12.8. The molecule has 2 N–H and O–H groups in total. The van der Waals surface area contributed by atoms with Crippen molar-refractivity contribution < 1.29 is 23.7 Å². The number of hydrogen-bond acceptors (Lipinski definition) is 6. The highest BCUT2D eigenvalue weighted by Gasteiger charge is 2.16. The molecule has 0 atom stereocenters. The van der Waals surface area contributed by atoms with Crippen molar-refractivity contribution >= 4 is 22.5 Å². The van der Waals surface area contributed by atoms with Crippen LogP contribution in [0.2, 0.25) is 0 Å². The van der Waals surface area contributed by atoms with Gasteiger partial charge in [0.2, 0.25) is 0 Å². The number of morpholine rings is 1. The predicted molar refractivity (Wildman–Crippen MR) is 119 cm³/mol. The molecule has 2 heterocycles. The molecule has 0 bridgehead atoms. The second-order valence-corrected chi connectivity index (χ2v) is 7.23. The first kappa shape index (κ1) is 21.0. The van der Waals surface area contributed by atoms with Crippen LogP contribution < -0.4 is 19.5 Å². The van der Waals surface area contributed by atoms with Crippen LogP contribution in [0.4, 0.5) is 5.69 Å². The smallest absolute Gasteiger partial charge is 0.272 e. The standard InChI is InChI=1S/C23H27N3O5/c1-28-20-6-7-21(29-2)22-18(20)15-19(25-22)23(27)24-16-4-3-5-17(14-16)31-13-10-26-8-11-30-12-9-26/h3-7,14-15,25H,8-13H2,1-2H3,(H,24,27). The number of methoxy groups -OCH3 is 2. The van der Waals surface area contributed by atoms with Crippen LogP contribution in [0.3, 0.4) is 0 Å². The molecule has 1 aromatic heterocycles. The van der Waals surface area contributed by atoms with Crippen LogP contribution in [-0.2, 0) is 4.74 Å². The van der Waals surface area contributed by atoms with Gasteiger partial charge in [0.25, 0.3) is 5.91 Å². The Hall–Kier alpha value is -3.23. The topological polar surface area (TPSA) is 85.0 Å². The maximum Gasteiger partial charge on any atom is 0.272 e. The number of anilines is 1. The van der Waals surface area contributed by atoms with E-state index in [0.717, 1.165) is 38.2 Å². The third-order valence-electron chi connectivity index (χ3n) is 5.27. The lowest BCUT2D eigenvalue weighted by Gasteiger charge is -2.26. The number of aromatic nitrogens is 1. The van der Waals surface area contributed by atoms with Gasteiger partial charge in [0, 0.05) is 36.8 Å². The van der Waals surface area contributed by atoms with E-state index in [2.05, 4.69) is 15.2 Å². The highest BCUT2D eigenvalue weighted by atomic mass is 16.5. The molecule has 1 aliphatic rings. The van der Waals surface area contributed by atoms with E-state index in [9.17, 15) is 4.79 Å². The van der Waals surface area contributed by atoms with Gasteiger partial charge in [0.15, 0.2) is 0 Å². The second kappa shape index (κ2) is 9.72. The zero-order valence-electron chi connectivity index (χ0n) is 17.8. The lowest BCUT2D eigenvalue weighted by atomic mass is 10.2. The zero-order chi connectivity index (χ0) is 21.6. The van der Waals surface area contributed by atoms with Gasteiger partial charge in [-0.2, -0.15) is 0 Å². The van der Waals surface area contributed by atoms with Crippen molar-refractivity contribution in [1.82, 2.24) is 9.88 Å².